The summed E-state index contributed by atoms with van der Waals surface area (Å²) in [6, 6.07) is 6.84. The third-order valence-electron chi connectivity index (χ3n) is 3.70. The summed E-state index contributed by atoms with van der Waals surface area (Å²) in [5.41, 5.74) is 3.96. The zero-order valence-corrected chi connectivity index (χ0v) is 14.2. The fourth-order valence-electron chi connectivity index (χ4n) is 2.36. The van der Waals surface area contributed by atoms with Crippen molar-refractivity contribution >= 4 is 28.3 Å². The summed E-state index contributed by atoms with van der Waals surface area (Å²) in [4.78, 5) is 28.4. The lowest BCUT2D eigenvalue weighted by atomic mass is 10.1. The van der Waals surface area contributed by atoms with Gasteiger partial charge in [0.1, 0.15) is 6.07 Å². The number of fused-ring (bicyclic) bond motifs is 1. The second kappa shape index (κ2) is 9.27. The van der Waals surface area contributed by atoms with Gasteiger partial charge >= 0.3 is 5.69 Å². The van der Waals surface area contributed by atoms with Crippen LogP contribution in [0.25, 0.3) is 11.0 Å². The Balaban J connectivity index is 1.88. The Morgan fingerprint density at radius 3 is 2.72 bits per heavy atom. The zero-order chi connectivity index (χ0) is 18.1. The van der Waals surface area contributed by atoms with E-state index in [0.29, 0.717) is 23.3 Å². The number of H-pyrrole nitrogens is 2. The molecule has 0 radical (unpaired) electrons. The Bertz CT molecular complexity index is 843. The molecule has 0 atom stereocenters. The van der Waals surface area contributed by atoms with E-state index in [-0.39, 0.29) is 11.4 Å². The first-order valence-corrected chi connectivity index (χ1v) is 8.38. The molecule has 0 aliphatic rings. The minimum Gasteiger partial charge on any atom is -0.350 e. The Morgan fingerprint density at radius 1 is 1.20 bits per heavy atom. The molecular weight excluding hydrogens is 320 g/mol. The summed E-state index contributed by atoms with van der Waals surface area (Å²) in [5.74, 6) is -0.498. The van der Waals surface area contributed by atoms with Gasteiger partial charge in [-0.3, -0.25) is 10.2 Å². The van der Waals surface area contributed by atoms with Crippen molar-refractivity contribution in [2.45, 2.75) is 39.0 Å². The SMILES string of the molecule is CCCCCCCNC(=O)/C(C#N)=N\Nc1ccc2[nH]c(=O)[nH]c2c1. The van der Waals surface area contributed by atoms with E-state index in [2.05, 4.69) is 32.7 Å². The topological polar surface area (TPSA) is 126 Å². The van der Waals surface area contributed by atoms with E-state index in [1.54, 1.807) is 24.3 Å². The molecule has 1 aromatic heterocycles. The molecule has 25 heavy (non-hydrogen) atoms. The summed E-state index contributed by atoms with van der Waals surface area (Å²) < 4.78 is 0. The van der Waals surface area contributed by atoms with Crippen molar-refractivity contribution in [2.24, 2.45) is 5.10 Å². The number of hydrogen-bond acceptors (Lipinski definition) is 5. The van der Waals surface area contributed by atoms with Crippen LogP contribution in [0.4, 0.5) is 5.69 Å². The highest BCUT2D eigenvalue weighted by atomic mass is 16.2. The van der Waals surface area contributed by atoms with Gasteiger partial charge in [0.15, 0.2) is 0 Å². The normalized spacial score (nSPS) is 11.3. The summed E-state index contributed by atoms with van der Waals surface area (Å²) in [6.07, 6.45) is 5.46. The molecule has 0 unspecified atom stereocenters. The van der Waals surface area contributed by atoms with Gasteiger partial charge in [0.25, 0.3) is 5.91 Å². The second-order valence-electron chi connectivity index (χ2n) is 5.69. The van der Waals surface area contributed by atoms with Crippen molar-refractivity contribution < 1.29 is 4.79 Å². The molecule has 0 aliphatic heterocycles. The van der Waals surface area contributed by atoms with Gasteiger partial charge in [-0.25, -0.2) is 4.79 Å². The number of unbranched alkanes of at least 4 members (excludes halogenated alkanes) is 4. The van der Waals surface area contributed by atoms with Crippen molar-refractivity contribution in [1.29, 1.82) is 5.26 Å². The molecule has 0 aliphatic carbocycles. The van der Waals surface area contributed by atoms with Gasteiger partial charge in [0, 0.05) is 6.54 Å². The van der Waals surface area contributed by atoms with Gasteiger partial charge in [-0.15, -0.1) is 0 Å². The molecular formula is C17H22N6O2. The molecule has 0 fully saturated rings. The van der Waals surface area contributed by atoms with Crippen molar-refractivity contribution in [3.8, 4) is 6.07 Å². The number of nitriles is 1. The predicted molar refractivity (Wildman–Crippen MR) is 97.4 cm³/mol. The Hall–Kier alpha value is -3.08. The van der Waals surface area contributed by atoms with Crippen molar-refractivity contribution in [3.05, 3.63) is 28.7 Å². The van der Waals surface area contributed by atoms with Crippen LogP contribution < -0.4 is 16.4 Å². The third-order valence-corrected chi connectivity index (χ3v) is 3.70. The lowest BCUT2D eigenvalue weighted by molar-refractivity contribution is -0.114. The minimum absolute atomic E-state index is 0.240. The van der Waals surface area contributed by atoms with E-state index in [1.165, 1.54) is 12.8 Å². The number of nitrogens with one attached hydrogen (secondary N) is 4. The molecule has 4 N–H and O–H groups in total. The lowest BCUT2D eigenvalue weighted by Crippen LogP contribution is -2.31. The van der Waals surface area contributed by atoms with Gasteiger partial charge in [-0.1, -0.05) is 32.6 Å². The van der Waals surface area contributed by atoms with Crippen LogP contribution in [0.2, 0.25) is 0 Å². The largest absolute Gasteiger partial charge is 0.350 e. The standard InChI is InChI=1S/C17H22N6O2/c1-2-3-4-5-6-9-19-16(24)15(11-18)23-22-12-7-8-13-14(10-12)21-17(25)20-13/h7-8,10,22H,2-6,9H2,1H3,(H,19,24)(H2,20,21,25)/b23-15-. The van der Waals surface area contributed by atoms with Crippen LogP contribution in [0, 0.1) is 11.3 Å². The molecule has 8 heteroatoms. The molecule has 0 saturated carbocycles. The highest BCUT2D eigenvalue weighted by Crippen LogP contribution is 2.14. The van der Waals surface area contributed by atoms with Crippen molar-refractivity contribution in [3.63, 3.8) is 0 Å². The van der Waals surface area contributed by atoms with E-state index in [0.717, 1.165) is 19.3 Å². The number of rotatable bonds is 9. The molecule has 1 amide bonds. The minimum atomic E-state index is -0.498. The Kier molecular flexibility index (Phi) is 6.77. The average molecular weight is 342 g/mol. The average Bonchev–Trinajstić information content (AvgIpc) is 2.97. The number of hydrazone groups is 1. The monoisotopic (exact) mass is 342 g/mol. The summed E-state index contributed by atoms with van der Waals surface area (Å²) in [7, 11) is 0. The summed E-state index contributed by atoms with van der Waals surface area (Å²) in [5, 5.41) is 15.6. The Labute approximate surface area is 145 Å². The molecule has 2 rings (SSSR count). The predicted octanol–water partition coefficient (Wildman–Crippen LogP) is 2.23. The number of benzene rings is 1. The summed E-state index contributed by atoms with van der Waals surface area (Å²) >= 11 is 0. The molecule has 0 spiro atoms. The summed E-state index contributed by atoms with van der Waals surface area (Å²) in [6.45, 7) is 2.68. The van der Waals surface area contributed by atoms with Gasteiger partial charge in [-0.05, 0) is 24.6 Å². The van der Waals surface area contributed by atoms with Gasteiger partial charge < -0.3 is 15.3 Å². The van der Waals surface area contributed by atoms with E-state index >= 15 is 0 Å². The van der Waals surface area contributed by atoms with E-state index < -0.39 is 5.91 Å². The van der Waals surface area contributed by atoms with E-state index in [1.807, 2.05) is 0 Å². The number of imidazole rings is 1. The van der Waals surface area contributed by atoms with E-state index in [9.17, 15) is 9.59 Å². The number of hydrogen-bond donors (Lipinski definition) is 4. The molecule has 1 heterocycles. The van der Waals surface area contributed by atoms with Gasteiger partial charge in [-0.2, -0.15) is 10.4 Å². The van der Waals surface area contributed by atoms with Gasteiger partial charge in [0.2, 0.25) is 5.71 Å². The Morgan fingerprint density at radius 2 is 1.96 bits per heavy atom. The fraction of sp³-hybridized carbons (Fsp3) is 0.412. The van der Waals surface area contributed by atoms with Crippen LogP contribution in [0.15, 0.2) is 28.1 Å². The molecule has 132 valence electrons. The molecule has 8 nitrogen and oxygen atoms in total. The number of amides is 1. The number of aromatic nitrogens is 2. The smallest absolute Gasteiger partial charge is 0.323 e. The lowest BCUT2D eigenvalue weighted by Gasteiger charge is -2.04. The second-order valence-corrected chi connectivity index (χ2v) is 5.69. The molecule has 0 saturated heterocycles. The quantitative estimate of drug-likeness (QED) is 0.317. The fourth-order valence-corrected chi connectivity index (χ4v) is 2.36. The van der Waals surface area contributed by atoms with Crippen LogP contribution in [0.1, 0.15) is 39.0 Å². The maximum Gasteiger partial charge on any atom is 0.323 e. The number of nitrogens with zero attached hydrogens (tertiary/aromatic N) is 2. The van der Waals surface area contributed by atoms with E-state index in [4.69, 9.17) is 5.26 Å². The first-order chi connectivity index (χ1) is 12.1. The van der Waals surface area contributed by atoms with Crippen LogP contribution >= 0.6 is 0 Å². The van der Waals surface area contributed by atoms with Crippen LogP contribution in [-0.4, -0.2) is 28.1 Å². The molecule has 0 bridgehead atoms. The maximum atomic E-state index is 11.9. The van der Waals surface area contributed by atoms with Gasteiger partial charge in [0.05, 0.1) is 16.7 Å². The zero-order valence-electron chi connectivity index (χ0n) is 14.2. The highest BCUT2D eigenvalue weighted by molar-refractivity contribution is 6.45. The highest BCUT2D eigenvalue weighted by Gasteiger charge is 2.10. The first kappa shape index (κ1) is 18.3. The van der Waals surface area contributed by atoms with Crippen molar-refractivity contribution in [1.82, 2.24) is 15.3 Å². The third kappa shape index (κ3) is 5.49. The van der Waals surface area contributed by atoms with Crippen LogP contribution in [-0.2, 0) is 4.79 Å². The van der Waals surface area contributed by atoms with Crippen LogP contribution in [0.3, 0.4) is 0 Å². The first-order valence-electron chi connectivity index (χ1n) is 8.38. The molecule has 1 aromatic carbocycles. The number of carbonyl (C=O) groups is 1. The number of aromatic amines is 2. The number of carbonyl (C=O) groups excluding carboxylic acids is 1. The maximum absolute atomic E-state index is 11.9. The number of anilines is 1. The van der Waals surface area contributed by atoms with Crippen molar-refractivity contribution in [2.75, 3.05) is 12.0 Å². The molecule has 2 aromatic rings. The van der Waals surface area contributed by atoms with Crippen LogP contribution in [0.5, 0.6) is 0 Å².